The number of nitrogens with zero attached hydrogens (tertiary/aromatic N) is 3. The van der Waals surface area contributed by atoms with Crippen LogP contribution < -0.4 is 5.56 Å². The fourth-order valence-corrected chi connectivity index (χ4v) is 3.38. The fraction of sp³-hybridized carbons (Fsp3) is 0.200. The summed E-state index contributed by atoms with van der Waals surface area (Å²) >= 11 is 0. The Labute approximate surface area is 149 Å². The van der Waals surface area contributed by atoms with Gasteiger partial charge in [-0.1, -0.05) is 12.1 Å². The zero-order valence-electron chi connectivity index (χ0n) is 14.7. The lowest BCUT2D eigenvalue weighted by Gasteiger charge is -2.08. The van der Waals surface area contributed by atoms with Crippen LogP contribution in [0.25, 0.3) is 21.8 Å². The molecule has 0 fully saturated rings. The normalized spacial score (nSPS) is 11.7. The monoisotopic (exact) mass is 350 g/mol. The summed E-state index contributed by atoms with van der Waals surface area (Å²) in [7, 11) is 4.03. The van der Waals surface area contributed by atoms with Gasteiger partial charge in [0.25, 0.3) is 5.56 Å². The Bertz CT molecular complexity index is 1140. The molecule has 1 N–H and O–H groups in total. The molecule has 0 spiro atoms. The number of benzene rings is 1. The highest BCUT2D eigenvalue weighted by Crippen LogP contribution is 2.28. The van der Waals surface area contributed by atoms with E-state index in [4.69, 9.17) is 0 Å². The molecular weight excluding hydrogens is 331 g/mol. The quantitative estimate of drug-likeness (QED) is 0.615. The molecule has 0 saturated carbocycles. The van der Waals surface area contributed by atoms with Crippen LogP contribution in [-0.4, -0.2) is 33.5 Å². The molecule has 0 saturated heterocycles. The Balaban J connectivity index is 1.93. The highest BCUT2D eigenvalue weighted by molar-refractivity contribution is 6.06. The summed E-state index contributed by atoms with van der Waals surface area (Å²) in [6.45, 7) is 1.36. The van der Waals surface area contributed by atoms with Gasteiger partial charge in [0.15, 0.2) is 0 Å². The van der Waals surface area contributed by atoms with Crippen molar-refractivity contribution >= 4 is 21.8 Å². The zero-order chi connectivity index (χ0) is 18.3. The number of hydrogen-bond donors (Lipinski definition) is 1. The highest BCUT2D eigenvalue weighted by atomic mass is 19.1. The smallest absolute Gasteiger partial charge is 0.274 e. The number of H-pyrrole nitrogens is 1. The third-order valence-electron chi connectivity index (χ3n) is 4.47. The van der Waals surface area contributed by atoms with Crippen LogP contribution in [-0.2, 0) is 13.1 Å². The molecule has 0 bridgehead atoms. The van der Waals surface area contributed by atoms with Gasteiger partial charge in [-0.2, -0.15) is 0 Å². The molecule has 0 aliphatic heterocycles. The molecule has 1 aromatic carbocycles. The van der Waals surface area contributed by atoms with Crippen LogP contribution in [0.3, 0.4) is 0 Å². The number of nitrogens with one attached hydrogen (secondary N) is 1. The Morgan fingerprint density at radius 2 is 1.96 bits per heavy atom. The summed E-state index contributed by atoms with van der Waals surface area (Å²) in [5.74, 6) is -0.244. The lowest BCUT2D eigenvalue weighted by atomic mass is 10.1. The van der Waals surface area contributed by atoms with Crippen LogP contribution in [0.1, 0.15) is 11.1 Å². The van der Waals surface area contributed by atoms with Gasteiger partial charge in [-0.25, -0.2) is 9.37 Å². The molecule has 0 atom stereocenters. The molecule has 26 heavy (non-hydrogen) atoms. The molecule has 4 rings (SSSR count). The first kappa shape index (κ1) is 16.5. The maximum Gasteiger partial charge on any atom is 0.274 e. The topological polar surface area (TPSA) is 53.9 Å². The molecule has 0 aliphatic carbocycles. The van der Waals surface area contributed by atoms with Crippen LogP contribution >= 0.6 is 0 Å². The summed E-state index contributed by atoms with van der Waals surface area (Å²) in [5.41, 5.74) is 3.35. The van der Waals surface area contributed by atoms with E-state index in [0.717, 1.165) is 34.0 Å². The van der Waals surface area contributed by atoms with Gasteiger partial charge in [-0.05, 0) is 43.4 Å². The minimum atomic E-state index is -0.244. The van der Waals surface area contributed by atoms with E-state index in [-0.39, 0.29) is 11.4 Å². The summed E-state index contributed by atoms with van der Waals surface area (Å²) in [6.07, 6.45) is 5.49. The Morgan fingerprint density at radius 1 is 1.19 bits per heavy atom. The van der Waals surface area contributed by atoms with Crippen molar-refractivity contribution in [2.45, 2.75) is 13.1 Å². The average Bonchev–Trinajstić information content (AvgIpc) is 2.94. The second-order valence-corrected chi connectivity index (χ2v) is 6.73. The molecule has 0 unspecified atom stereocenters. The van der Waals surface area contributed by atoms with Gasteiger partial charge in [0.2, 0.25) is 0 Å². The van der Waals surface area contributed by atoms with E-state index >= 15 is 0 Å². The van der Waals surface area contributed by atoms with E-state index in [1.165, 1.54) is 12.1 Å². The number of rotatable bonds is 4. The van der Waals surface area contributed by atoms with Crippen molar-refractivity contribution in [2.24, 2.45) is 0 Å². The van der Waals surface area contributed by atoms with Crippen molar-refractivity contribution < 1.29 is 4.39 Å². The minimum Gasteiger partial charge on any atom is -0.341 e. The number of fused-ring (bicyclic) bond motifs is 3. The highest BCUT2D eigenvalue weighted by Gasteiger charge is 2.15. The number of hydrogen-bond acceptors (Lipinski definition) is 3. The molecule has 0 radical (unpaired) electrons. The fourth-order valence-electron chi connectivity index (χ4n) is 3.38. The van der Waals surface area contributed by atoms with Gasteiger partial charge in [0.1, 0.15) is 11.3 Å². The second-order valence-electron chi connectivity index (χ2n) is 6.73. The van der Waals surface area contributed by atoms with Crippen molar-refractivity contribution in [2.75, 3.05) is 14.1 Å². The van der Waals surface area contributed by atoms with E-state index in [1.54, 1.807) is 24.5 Å². The Morgan fingerprint density at radius 3 is 2.69 bits per heavy atom. The minimum absolute atomic E-state index is 0.188. The summed E-state index contributed by atoms with van der Waals surface area (Å²) in [4.78, 5) is 21.3. The number of aromatic nitrogens is 3. The summed E-state index contributed by atoms with van der Waals surface area (Å²) in [5, 5.41) is 1.89. The molecule has 4 aromatic rings. The van der Waals surface area contributed by atoms with Crippen molar-refractivity contribution in [3.05, 3.63) is 76.2 Å². The molecular formula is C20H19FN4O. The molecule has 0 aliphatic rings. The SMILES string of the molecule is CN(C)Cc1cn(Cc2ccc(F)cc2)c2cnc3c(=O)[nH]ccc3c12. The molecule has 132 valence electrons. The first-order valence-corrected chi connectivity index (χ1v) is 8.40. The first-order valence-electron chi connectivity index (χ1n) is 8.40. The van der Waals surface area contributed by atoms with Crippen LogP contribution in [0, 0.1) is 5.82 Å². The van der Waals surface area contributed by atoms with Gasteiger partial charge in [0.05, 0.1) is 11.7 Å². The van der Waals surface area contributed by atoms with Crippen LogP contribution in [0.15, 0.2) is 53.7 Å². The molecule has 6 heteroatoms. The maximum atomic E-state index is 13.2. The van der Waals surface area contributed by atoms with Gasteiger partial charge < -0.3 is 14.5 Å². The van der Waals surface area contributed by atoms with Crippen molar-refractivity contribution in [3.8, 4) is 0 Å². The van der Waals surface area contributed by atoms with E-state index in [1.807, 2.05) is 20.2 Å². The van der Waals surface area contributed by atoms with Gasteiger partial charge in [-0.3, -0.25) is 4.79 Å². The number of halogens is 1. The first-order chi connectivity index (χ1) is 12.5. The van der Waals surface area contributed by atoms with Crippen molar-refractivity contribution in [1.29, 1.82) is 0 Å². The number of aromatic amines is 1. The zero-order valence-corrected chi connectivity index (χ0v) is 14.7. The third kappa shape index (κ3) is 2.88. The predicted molar refractivity (Wildman–Crippen MR) is 101 cm³/mol. The van der Waals surface area contributed by atoms with Crippen molar-refractivity contribution in [1.82, 2.24) is 19.4 Å². The molecule has 3 aromatic heterocycles. The largest absolute Gasteiger partial charge is 0.341 e. The van der Waals surface area contributed by atoms with E-state index in [9.17, 15) is 9.18 Å². The predicted octanol–water partition coefficient (Wildman–Crippen LogP) is 3.13. The maximum absolute atomic E-state index is 13.2. The number of pyridine rings is 2. The molecule has 5 nitrogen and oxygen atoms in total. The van der Waals surface area contributed by atoms with Crippen LogP contribution in [0.4, 0.5) is 4.39 Å². The lowest BCUT2D eigenvalue weighted by Crippen LogP contribution is -2.10. The lowest BCUT2D eigenvalue weighted by molar-refractivity contribution is 0.403. The van der Waals surface area contributed by atoms with Gasteiger partial charge in [-0.15, -0.1) is 0 Å². The Kier molecular flexibility index (Phi) is 4.05. The standard InChI is InChI=1S/C20H19FN4O/c1-24(2)11-14-12-25(10-13-3-5-15(21)6-4-13)17-9-23-19-16(18(14)17)7-8-22-20(19)26/h3-9,12H,10-11H2,1-2H3,(H,22,26). The Hall–Kier alpha value is -2.99. The molecule has 0 amide bonds. The van der Waals surface area contributed by atoms with E-state index in [0.29, 0.717) is 12.1 Å². The van der Waals surface area contributed by atoms with Crippen LogP contribution in [0.5, 0.6) is 0 Å². The molecule has 3 heterocycles. The summed E-state index contributed by atoms with van der Waals surface area (Å²) in [6, 6.07) is 8.40. The van der Waals surface area contributed by atoms with E-state index in [2.05, 4.69) is 25.6 Å². The average molecular weight is 350 g/mol. The van der Waals surface area contributed by atoms with Crippen molar-refractivity contribution in [3.63, 3.8) is 0 Å². The van der Waals surface area contributed by atoms with Crippen LogP contribution in [0.2, 0.25) is 0 Å². The summed E-state index contributed by atoms with van der Waals surface area (Å²) < 4.78 is 15.3. The van der Waals surface area contributed by atoms with Gasteiger partial charge >= 0.3 is 0 Å². The second kappa shape index (κ2) is 6.38. The van der Waals surface area contributed by atoms with E-state index < -0.39 is 0 Å². The van der Waals surface area contributed by atoms with Gasteiger partial charge in [0, 0.05) is 36.3 Å². The third-order valence-corrected chi connectivity index (χ3v) is 4.47.